The first-order valence-corrected chi connectivity index (χ1v) is 6.20. The van der Waals surface area contributed by atoms with Gasteiger partial charge in [0.05, 0.1) is 13.2 Å². The van der Waals surface area contributed by atoms with Crippen LogP contribution in [0.4, 0.5) is 0 Å². The molecule has 0 radical (unpaired) electrons. The van der Waals surface area contributed by atoms with Crippen molar-refractivity contribution >= 4 is 0 Å². The number of ether oxygens (including phenoxy) is 3. The maximum absolute atomic E-state index is 5.50. The molecule has 1 N–H and O–H groups in total. The molecule has 4 nitrogen and oxygen atoms in total. The van der Waals surface area contributed by atoms with Crippen LogP contribution in [0.15, 0.2) is 0 Å². The largest absolute Gasteiger partial charge is 0.382 e. The highest BCUT2D eigenvalue weighted by Crippen LogP contribution is 2.20. The van der Waals surface area contributed by atoms with E-state index in [-0.39, 0.29) is 0 Å². The van der Waals surface area contributed by atoms with Gasteiger partial charge in [0.1, 0.15) is 0 Å². The van der Waals surface area contributed by atoms with Crippen molar-refractivity contribution in [1.29, 1.82) is 0 Å². The van der Waals surface area contributed by atoms with Crippen LogP contribution in [0.2, 0.25) is 0 Å². The lowest BCUT2D eigenvalue weighted by Gasteiger charge is -2.30. The molecule has 0 aromatic rings. The van der Waals surface area contributed by atoms with Gasteiger partial charge < -0.3 is 19.5 Å². The second kappa shape index (κ2) is 8.93. The molecule has 4 heteroatoms. The normalized spacial score (nSPS) is 19.9. The third-order valence-corrected chi connectivity index (χ3v) is 3.21. The van der Waals surface area contributed by atoms with Crippen molar-refractivity contribution in [1.82, 2.24) is 5.32 Å². The van der Waals surface area contributed by atoms with Crippen molar-refractivity contribution in [2.45, 2.75) is 25.3 Å². The molecule has 0 saturated carbocycles. The van der Waals surface area contributed by atoms with Crippen molar-refractivity contribution < 1.29 is 14.2 Å². The van der Waals surface area contributed by atoms with Crippen LogP contribution in [0, 0.1) is 5.92 Å². The zero-order valence-corrected chi connectivity index (χ0v) is 10.5. The lowest BCUT2D eigenvalue weighted by molar-refractivity contribution is 0.0385. The van der Waals surface area contributed by atoms with E-state index in [0.717, 1.165) is 32.2 Å². The SMILES string of the molecule is CNC(CCOCCOC)C1CCOCC1. The Morgan fingerprint density at radius 1 is 1.25 bits per heavy atom. The summed E-state index contributed by atoms with van der Waals surface area (Å²) in [5.41, 5.74) is 0. The van der Waals surface area contributed by atoms with Crippen LogP contribution >= 0.6 is 0 Å². The predicted octanol–water partition coefficient (Wildman–Crippen LogP) is 1.05. The molecular formula is C12H25NO3. The van der Waals surface area contributed by atoms with Gasteiger partial charge in [-0.15, -0.1) is 0 Å². The Hall–Kier alpha value is -0.160. The van der Waals surface area contributed by atoms with E-state index in [1.54, 1.807) is 7.11 Å². The molecule has 16 heavy (non-hydrogen) atoms. The third-order valence-electron chi connectivity index (χ3n) is 3.21. The number of nitrogens with one attached hydrogen (secondary N) is 1. The number of methoxy groups -OCH3 is 1. The van der Waals surface area contributed by atoms with E-state index in [2.05, 4.69) is 5.32 Å². The number of hydrogen-bond acceptors (Lipinski definition) is 4. The molecule has 1 fully saturated rings. The first-order valence-electron chi connectivity index (χ1n) is 6.20. The van der Waals surface area contributed by atoms with Gasteiger partial charge in [-0.1, -0.05) is 0 Å². The van der Waals surface area contributed by atoms with E-state index in [9.17, 15) is 0 Å². The maximum Gasteiger partial charge on any atom is 0.0700 e. The van der Waals surface area contributed by atoms with Gasteiger partial charge in [-0.2, -0.15) is 0 Å². The van der Waals surface area contributed by atoms with Crippen molar-refractivity contribution in [2.75, 3.05) is 47.2 Å². The molecule has 96 valence electrons. The first kappa shape index (κ1) is 13.9. The van der Waals surface area contributed by atoms with Crippen molar-refractivity contribution in [3.63, 3.8) is 0 Å². The fraction of sp³-hybridized carbons (Fsp3) is 1.00. The van der Waals surface area contributed by atoms with Gasteiger partial charge in [-0.3, -0.25) is 0 Å². The standard InChI is InChI=1S/C12H25NO3/c1-13-12(5-8-16-10-9-14-2)11-3-6-15-7-4-11/h11-13H,3-10H2,1-2H3. The Bertz CT molecular complexity index is 160. The van der Waals surface area contributed by atoms with Crippen molar-refractivity contribution in [2.24, 2.45) is 5.92 Å². The Balaban J connectivity index is 2.10. The van der Waals surface area contributed by atoms with Crippen molar-refractivity contribution in [3.05, 3.63) is 0 Å². The number of rotatable bonds is 8. The zero-order valence-electron chi connectivity index (χ0n) is 10.5. The lowest BCUT2D eigenvalue weighted by Crippen LogP contribution is -2.37. The lowest BCUT2D eigenvalue weighted by atomic mass is 9.90. The van der Waals surface area contributed by atoms with Gasteiger partial charge in [-0.25, -0.2) is 0 Å². The molecule has 1 atom stereocenters. The summed E-state index contributed by atoms with van der Waals surface area (Å²) in [5.74, 6) is 0.741. The summed E-state index contributed by atoms with van der Waals surface area (Å²) in [6, 6.07) is 0.562. The molecule has 0 bridgehead atoms. The van der Waals surface area contributed by atoms with Gasteiger partial charge >= 0.3 is 0 Å². The average molecular weight is 231 g/mol. The monoisotopic (exact) mass is 231 g/mol. The van der Waals surface area contributed by atoms with Gasteiger partial charge in [-0.05, 0) is 32.2 Å². The fourth-order valence-electron chi connectivity index (χ4n) is 2.19. The van der Waals surface area contributed by atoms with Crippen LogP contribution in [-0.2, 0) is 14.2 Å². The zero-order chi connectivity index (χ0) is 11.6. The first-order chi connectivity index (χ1) is 7.88. The smallest absolute Gasteiger partial charge is 0.0700 e. The Labute approximate surface area is 98.6 Å². The third kappa shape index (κ3) is 5.25. The summed E-state index contributed by atoms with van der Waals surface area (Å²) >= 11 is 0. The second-order valence-electron chi connectivity index (χ2n) is 4.24. The highest BCUT2D eigenvalue weighted by Gasteiger charge is 2.22. The fourth-order valence-corrected chi connectivity index (χ4v) is 2.19. The summed E-state index contributed by atoms with van der Waals surface area (Å²) < 4.78 is 15.8. The van der Waals surface area contributed by atoms with E-state index < -0.39 is 0 Å². The minimum absolute atomic E-state index is 0.562. The molecule has 0 aromatic heterocycles. The molecule has 0 aliphatic carbocycles. The molecule has 1 heterocycles. The molecule has 1 rings (SSSR count). The predicted molar refractivity (Wildman–Crippen MR) is 63.7 cm³/mol. The topological polar surface area (TPSA) is 39.7 Å². The van der Waals surface area contributed by atoms with Crippen LogP contribution in [0.3, 0.4) is 0 Å². The van der Waals surface area contributed by atoms with Gasteiger partial charge in [0.15, 0.2) is 0 Å². The highest BCUT2D eigenvalue weighted by atomic mass is 16.5. The van der Waals surface area contributed by atoms with Gasteiger partial charge in [0.25, 0.3) is 0 Å². The average Bonchev–Trinajstić information content (AvgIpc) is 2.35. The molecule has 1 aliphatic heterocycles. The minimum Gasteiger partial charge on any atom is -0.382 e. The summed E-state index contributed by atoms with van der Waals surface area (Å²) in [4.78, 5) is 0. The van der Waals surface area contributed by atoms with Crippen LogP contribution in [0.5, 0.6) is 0 Å². The van der Waals surface area contributed by atoms with Gasteiger partial charge in [0, 0.05) is 33.0 Å². The van der Waals surface area contributed by atoms with Gasteiger partial charge in [0.2, 0.25) is 0 Å². The molecule has 0 spiro atoms. The molecule has 0 amide bonds. The van der Waals surface area contributed by atoms with Crippen molar-refractivity contribution in [3.8, 4) is 0 Å². The summed E-state index contributed by atoms with van der Waals surface area (Å²) in [5, 5.41) is 3.40. The molecule has 1 unspecified atom stereocenters. The maximum atomic E-state index is 5.50. The van der Waals surface area contributed by atoms with Crippen LogP contribution in [0.1, 0.15) is 19.3 Å². The molecule has 1 aliphatic rings. The van der Waals surface area contributed by atoms with Crippen LogP contribution in [-0.4, -0.2) is 53.2 Å². The second-order valence-corrected chi connectivity index (χ2v) is 4.24. The summed E-state index contributed by atoms with van der Waals surface area (Å²) in [6.07, 6.45) is 3.41. The Morgan fingerprint density at radius 2 is 2.00 bits per heavy atom. The van der Waals surface area contributed by atoms with Crippen LogP contribution < -0.4 is 5.32 Å². The van der Waals surface area contributed by atoms with E-state index in [1.807, 2.05) is 7.05 Å². The Morgan fingerprint density at radius 3 is 2.62 bits per heavy atom. The van der Waals surface area contributed by atoms with E-state index in [0.29, 0.717) is 19.3 Å². The van der Waals surface area contributed by atoms with E-state index >= 15 is 0 Å². The molecular weight excluding hydrogens is 206 g/mol. The van der Waals surface area contributed by atoms with E-state index in [1.165, 1.54) is 12.8 Å². The Kier molecular flexibility index (Phi) is 7.76. The van der Waals surface area contributed by atoms with E-state index in [4.69, 9.17) is 14.2 Å². The molecule has 1 saturated heterocycles. The molecule has 0 aromatic carbocycles. The summed E-state index contributed by atoms with van der Waals surface area (Å²) in [6.45, 7) is 4.01. The number of hydrogen-bond donors (Lipinski definition) is 1. The quantitative estimate of drug-likeness (QED) is 0.634. The minimum atomic E-state index is 0.562. The van der Waals surface area contributed by atoms with Crippen LogP contribution in [0.25, 0.3) is 0 Å². The summed E-state index contributed by atoms with van der Waals surface area (Å²) in [7, 11) is 3.73. The highest BCUT2D eigenvalue weighted by molar-refractivity contribution is 4.77.